The minimum atomic E-state index is -0.432. The fourth-order valence-electron chi connectivity index (χ4n) is 9.19. The summed E-state index contributed by atoms with van der Waals surface area (Å²) in [6.07, 6.45) is 0. The maximum absolute atomic E-state index is 4.08. The van der Waals surface area contributed by atoms with Crippen molar-refractivity contribution < 1.29 is 0 Å². The van der Waals surface area contributed by atoms with Gasteiger partial charge >= 0.3 is 0 Å². The van der Waals surface area contributed by atoms with E-state index in [1.54, 1.807) is 0 Å². The summed E-state index contributed by atoms with van der Waals surface area (Å²) in [5.41, 5.74) is 17.9. The molecule has 0 saturated carbocycles. The molecule has 0 radical (unpaired) electrons. The Balaban J connectivity index is 1.25. The lowest BCUT2D eigenvalue weighted by Crippen LogP contribution is -2.27. The van der Waals surface area contributed by atoms with Crippen molar-refractivity contribution in [1.29, 1.82) is 0 Å². The van der Waals surface area contributed by atoms with Gasteiger partial charge in [-0.2, -0.15) is 0 Å². The van der Waals surface area contributed by atoms with Crippen LogP contribution in [0.1, 0.15) is 74.9 Å². The monoisotopic (exact) mass is 701 g/mol. The van der Waals surface area contributed by atoms with Crippen molar-refractivity contribution in [1.82, 2.24) is 0 Å². The van der Waals surface area contributed by atoms with Crippen LogP contribution < -0.4 is 5.32 Å². The topological polar surface area (TPSA) is 12.0 Å². The number of benzene rings is 7. The first-order chi connectivity index (χ1) is 25.5. The Kier molecular flexibility index (Phi) is 6.86. The highest BCUT2D eigenvalue weighted by Crippen LogP contribution is 2.64. The second kappa shape index (κ2) is 11.3. The van der Waals surface area contributed by atoms with Gasteiger partial charge in [-0.3, -0.25) is 0 Å². The van der Waals surface area contributed by atoms with E-state index in [0.717, 1.165) is 11.4 Å². The van der Waals surface area contributed by atoms with Crippen molar-refractivity contribution in [3.8, 4) is 33.4 Å². The summed E-state index contributed by atoms with van der Waals surface area (Å²) in [5.74, 6) is 0. The summed E-state index contributed by atoms with van der Waals surface area (Å²) < 4.78 is 2.62. The van der Waals surface area contributed by atoms with Gasteiger partial charge < -0.3 is 5.32 Å². The van der Waals surface area contributed by atoms with Gasteiger partial charge in [0, 0.05) is 37.1 Å². The molecule has 0 amide bonds. The number of nitrogens with one attached hydrogen (secondary N) is 1. The molecule has 1 aromatic heterocycles. The normalized spacial score (nSPS) is 14.0. The largest absolute Gasteiger partial charge is 0.354 e. The van der Waals surface area contributed by atoms with E-state index in [1.807, 2.05) is 11.3 Å². The predicted octanol–water partition coefficient (Wildman–Crippen LogP) is 14.4. The van der Waals surface area contributed by atoms with Gasteiger partial charge in [0.1, 0.15) is 0 Å². The third kappa shape index (κ3) is 4.61. The molecule has 1 heterocycles. The molecule has 0 bridgehead atoms. The zero-order chi connectivity index (χ0) is 36.3. The van der Waals surface area contributed by atoms with Crippen LogP contribution in [0.2, 0.25) is 0 Å². The molecule has 1 nitrogen and oxygen atoms in total. The number of hydrogen-bond donors (Lipinski definition) is 1. The standard InChI is InChI=1S/C51H43NS/c1-49(2,3)32-23-25-35-36-26-24-33(50(4,5)6)30-42(36)51(41(35)29-32)39-19-12-10-17-37(39)46-40(51)20-14-21-43(46)52-44-28-27-34(31-15-8-7-9-16-31)48-47(44)38-18-11-13-22-45(38)53-48/h7-30,52H,1-6H3. The summed E-state index contributed by atoms with van der Waals surface area (Å²) in [6.45, 7) is 14.0. The zero-order valence-corrected chi connectivity index (χ0v) is 32.1. The average Bonchev–Trinajstić information content (AvgIpc) is 3.79. The summed E-state index contributed by atoms with van der Waals surface area (Å²) >= 11 is 1.89. The lowest BCUT2D eigenvalue weighted by Gasteiger charge is -2.33. The highest BCUT2D eigenvalue weighted by molar-refractivity contribution is 7.26. The van der Waals surface area contributed by atoms with E-state index in [1.165, 1.54) is 86.9 Å². The first kappa shape index (κ1) is 32.2. The second-order valence-electron chi connectivity index (χ2n) is 17.0. The number of thiophene rings is 1. The van der Waals surface area contributed by atoms with E-state index in [4.69, 9.17) is 0 Å². The van der Waals surface area contributed by atoms with Crippen LogP contribution in [0.3, 0.4) is 0 Å². The van der Waals surface area contributed by atoms with Crippen molar-refractivity contribution in [3.63, 3.8) is 0 Å². The Morgan fingerprint density at radius 2 is 1.08 bits per heavy atom. The van der Waals surface area contributed by atoms with Crippen molar-refractivity contribution in [2.75, 3.05) is 5.32 Å². The zero-order valence-electron chi connectivity index (χ0n) is 31.3. The van der Waals surface area contributed by atoms with E-state index in [2.05, 4.69) is 192 Å². The van der Waals surface area contributed by atoms with Gasteiger partial charge in [-0.05, 0) is 90.2 Å². The maximum Gasteiger partial charge on any atom is 0.0726 e. The van der Waals surface area contributed by atoms with Crippen LogP contribution >= 0.6 is 11.3 Å². The van der Waals surface area contributed by atoms with Gasteiger partial charge in [0.15, 0.2) is 0 Å². The summed E-state index contributed by atoms with van der Waals surface area (Å²) in [6, 6.07) is 55.0. The fourth-order valence-corrected chi connectivity index (χ4v) is 10.5. The third-order valence-corrected chi connectivity index (χ3v) is 13.0. The van der Waals surface area contributed by atoms with E-state index in [0.29, 0.717) is 0 Å². The van der Waals surface area contributed by atoms with E-state index in [9.17, 15) is 0 Å². The molecule has 7 aromatic carbocycles. The van der Waals surface area contributed by atoms with Crippen LogP contribution in [0.5, 0.6) is 0 Å². The van der Waals surface area contributed by atoms with Crippen LogP contribution in [-0.4, -0.2) is 0 Å². The van der Waals surface area contributed by atoms with Crippen molar-refractivity contribution in [2.24, 2.45) is 0 Å². The summed E-state index contributed by atoms with van der Waals surface area (Å²) in [5, 5.41) is 6.65. The number of anilines is 2. The lowest BCUT2D eigenvalue weighted by molar-refractivity contribution is 0.586. The van der Waals surface area contributed by atoms with Crippen LogP contribution in [0.4, 0.5) is 11.4 Å². The van der Waals surface area contributed by atoms with Crippen LogP contribution in [-0.2, 0) is 16.2 Å². The Bertz CT molecular complexity index is 2700. The van der Waals surface area contributed by atoms with Crippen LogP contribution in [0.15, 0.2) is 146 Å². The molecule has 0 aliphatic heterocycles. The highest BCUT2D eigenvalue weighted by Gasteiger charge is 2.52. The molecule has 2 heteroatoms. The molecular weight excluding hydrogens is 659 g/mol. The molecular formula is C51H43NS. The molecule has 10 rings (SSSR count). The highest BCUT2D eigenvalue weighted by atomic mass is 32.1. The van der Waals surface area contributed by atoms with Gasteiger partial charge in [0.25, 0.3) is 0 Å². The van der Waals surface area contributed by atoms with Gasteiger partial charge in [-0.1, -0.05) is 169 Å². The molecule has 0 atom stereocenters. The van der Waals surface area contributed by atoms with Crippen molar-refractivity contribution in [2.45, 2.75) is 57.8 Å². The van der Waals surface area contributed by atoms with Crippen molar-refractivity contribution >= 4 is 42.9 Å². The molecule has 1 spiro atoms. The molecule has 0 unspecified atom stereocenters. The van der Waals surface area contributed by atoms with Gasteiger partial charge in [0.05, 0.1) is 5.41 Å². The molecule has 1 N–H and O–H groups in total. The Hall–Kier alpha value is -5.44. The number of rotatable bonds is 3. The predicted molar refractivity (Wildman–Crippen MR) is 228 cm³/mol. The average molecular weight is 702 g/mol. The van der Waals surface area contributed by atoms with E-state index >= 15 is 0 Å². The summed E-state index contributed by atoms with van der Waals surface area (Å²) in [7, 11) is 0. The van der Waals surface area contributed by atoms with Gasteiger partial charge in [-0.15, -0.1) is 11.3 Å². The Morgan fingerprint density at radius 1 is 0.472 bits per heavy atom. The Morgan fingerprint density at radius 3 is 1.77 bits per heavy atom. The molecule has 2 aliphatic carbocycles. The molecule has 53 heavy (non-hydrogen) atoms. The van der Waals surface area contributed by atoms with Crippen molar-refractivity contribution in [3.05, 3.63) is 179 Å². The Labute approximate surface area is 317 Å². The van der Waals surface area contributed by atoms with E-state index in [-0.39, 0.29) is 10.8 Å². The first-order valence-electron chi connectivity index (χ1n) is 18.9. The molecule has 8 aromatic rings. The molecule has 0 saturated heterocycles. The lowest BCUT2D eigenvalue weighted by atomic mass is 9.69. The quantitative estimate of drug-likeness (QED) is 0.193. The number of fused-ring (bicyclic) bond motifs is 13. The number of hydrogen-bond acceptors (Lipinski definition) is 2. The maximum atomic E-state index is 4.08. The SMILES string of the molecule is CC(C)(C)c1ccc2c(c1)C1(c3cc(C(C)(C)C)ccc3-2)c2ccccc2-c2c(Nc3ccc(-c4ccccc4)c4sc5ccccc5c34)cccc21. The van der Waals surface area contributed by atoms with Crippen LogP contribution in [0.25, 0.3) is 53.6 Å². The van der Waals surface area contributed by atoms with Crippen LogP contribution in [0, 0.1) is 0 Å². The third-order valence-electron chi connectivity index (χ3n) is 11.8. The minimum absolute atomic E-state index is 0.0204. The minimum Gasteiger partial charge on any atom is -0.354 e. The molecule has 258 valence electrons. The fraction of sp³-hybridized carbons (Fsp3) is 0.176. The smallest absolute Gasteiger partial charge is 0.0726 e. The van der Waals surface area contributed by atoms with E-state index < -0.39 is 5.41 Å². The first-order valence-corrected chi connectivity index (χ1v) is 19.7. The van der Waals surface area contributed by atoms with Gasteiger partial charge in [-0.25, -0.2) is 0 Å². The summed E-state index contributed by atoms with van der Waals surface area (Å²) in [4.78, 5) is 0. The molecule has 2 aliphatic rings. The molecule has 0 fully saturated rings. The van der Waals surface area contributed by atoms with Gasteiger partial charge in [0.2, 0.25) is 0 Å². The second-order valence-corrected chi connectivity index (χ2v) is 18.1.